The molecule has 2 N–H and O–H groups in total. The number of hydrogen-bond donors (Lipinski definition) is 2. The molecule has 1 aliphatic rings. The summed E-state index contributed by atoms with van der Waals surface area (Å²) in [6.45, 7) is 7.56. The standard InChI is InChI=1S/C16H25NO3/c1-12-3-4-16(13(2)7-12)20-11-15(18)9-17-8-14-5-6-19-10-14/h3-4,7,14-15,17-18H,5-6,8-11H2,1-2H3. The molecule has 1 fully saturated rings. The molecule has 2 rings (SSSR count). The highest BCUT2D eigenvalue weighted by atomic mass is 16.5. The van der Waals surface area contributed by atoms with Gasteiger partial charge in [-0.25, -0.2) is 0 Å². The van der Waals surface area contributed by atoms with Gasteiger partial charge in [0.25, 0.3) is 0 Å². The largest absolute Gasteiger partial charge is 0.491 e. The molecule has 0 saturated carbocycles. The maximum absolute atomic E-state index is 9.91. The zero-order valence-corrected chi connectivity index (χ0v) is 12.4. The van der Waals surface area contributed by atoms with Gasteiger partial charge >= 0.3 is 0 Å². The normalized spacial score (nSPS) is 20.1. The summed E-state index contributed by atoms with van der Waals surface area (Å²) >= 11 is 0. The second-order valence-electron chi connectivity index (χ2n) is 5.62. The van der Waals surface area contributed by atoms with Crippen molar-refractivity contribution in [3.05, 3.63) is 29.3 Å². The van der Waals surface area contributed by atoms with Crippen LogP contribution in [0.1, 0.15) is 17.5 Å². The predicted octanol–water partition coefficient (Wildman–Crippen LogP) is 1.67. The van der Waals surface area contributed by atoms with E-state index < -0.39 is 6.10 Å². The van der Waals surface area contributed by atoms with Crippen LogP contribution in [-0.2, 0) is 4.74 Å². The first-order valence-corrected chi connectivity index (χ1v) is 7.31. The van der Waals surface area contributed by atoms with Gasteiger partial charge in [-0.15, -0.1) is 0 Å². The first-order valence-electron chi connectivity index (χ1n) is 7.31. The molecule has 0 radical (unpaired) electrons. The van der Waals surface area contributed by atoms with E-state index in [1.54, 1.807) is 0 Å². The molecule has 4 heteroatoms. The third-order valence-corrected chi connectivity index (χ3v) is 3.60. The topological polar surface area (TPSA) is 50.7 Å². The molecular weight excluding hydrogens is 254 g/mol. The van der Waals surface area contributed by atoms with Gasteiger partial charge in [-0.1, -0.05) is 17.7 Å². The highest BCUT2D eigenvalue weighted by molar-refractivity contribution is 5.35. The summed E-state index contributed by atoms with van der Waals surface area (Å²) in [5.41, 5.74) is 2.32. The number of rotatable bonds is 7. The SMILES string of the molecule is Cc1ccc(OCC(O)CNCC2CCOC2)c(C)c1. The zero-order valence-electron chi connectivity index (χ0n) is 12.4. The average molecular weight is 279 g/mol. The molecule has 0 aromatic heterocycles. The van der Waals surface area contributed by atoms with Gasteiger partial charge in [0.2, 0.25) is 0 Å². The lowest BCUT2D eigenvalue weighted by Crippen LogP contribution is -2.34. The molecule has 0 aliphatic carbocycles. The van der Waals surface area contributed by atoms with Crippen molar-refractivity contribution < 1.29 is 14.6 Å². The fourth-order valence-corrected chi connectivity index (χ4v) is 2.40. The van der Waals surface area contributed by atoms with E-state index in [-0.39, 0.29) is 0 Å². The van der Waals surface area contributed by atoms with Crippen LogP contribution < -0.4 is 10.1 Å². The van der Waals surface area contributed by atoms with E-state index in [4.69, 9.17) is 9.47 Å². The fourth-order valence-electron chi connectivity index (χ4n) is 2.40. The Hall–Kier alpha value is -1.10. The van der Waals surface area contributed by atoms with E-state index in [9.17, 15) is 5.11 Å². The van der Waals surface area contributed by atoms with Crippen LogP contribution in [0, 0.1) is 19.8 Å². The van der Waals surface area contributed by atoms with Gasteiger partial charge in [0.05, 0.1) is 6.61 Å². The lowest BCUT2D eigenvalue weighted by molar-refractivity contribution is 0.104. The number of aryl methyl sites for hydroxylation is 2. The highest BCUT2D eigenvalue weighted by Gasteiger charge is 2.15. The fraction of sp³-hybridized carbons (Fsp3) is 0.625. The quantitative estimate of drug-likeness (QED) is 0.797. The summed E-state index contributed by atoms with van der Waals surface area (Å²) in [5, 5.41) is 13.2. The summed E-state index contributed by atoms with van der Waals surface area (Å²) in [5.74, 6) is 1.43. The van der Waals surface area contributed by atoms with Crippen LogP contribution in [0.15, 0.2) is 18.2 Å². The van der Waals surface area contributed by atoms with Crippen molar-refractivity contribution >= 4 is 0 Å². The van der Waals surface area contributed by atoms with Gasteiger partial charge in [-0.3, -0.25) is 0 Å². The van der Waals surface area contributed by atoms with Crippen LogP contribution in [0.25, 0.3) is 0 Å². The summed E-state index contributed by atoms with van der Waals surface area (Å²) in [6, 6.07) is 6.06. The molecule has 4 nitrogen and oxygen atoms in total. The van der Waals surface area contributed by atoms with Crippen LogP contribution in [0.4, 0.5) is 0 Å². The molecule has 1 aromatic rings. The number of aliphatic hydroxyl groups is 1. The third kappa shape index (κ3) is 4.78. The molecule has 0 bridgehead atoms. The molecule has 20 heavy (non-hydrogen) atoms. The van der Waals surface area contributed by atoms with E-state index in [1.165, 1.54) is 5.56 Å². The lowest BCUT2D eigenvalue weighted by atomic mass is 10.1. The highest BCUT2D eigenvalue weighted by Crippen LogP contribution is 2.18. The number of ether oxygens (including phenoxy) is 2. The maximum atomic E-state index is 9.91. The van der Waals surface area contributed by atoms with E-state index in [1.807, 2.05) is 19.1 Å². The van der Waals surface area contributed by atoms with Gasteiger partial charge in [0, 0.05) is 19.7 Å². The second-order valence-corrected chi connectivity index (χ2v) is 5.62. The van der Waals surface area contributed by atoms with Crippen molar-refractivity contribution in [2.24, 2.45) is 5.92 Å². The number of nitrogens with one attached hydrogen (secondary N) is 1. The van der Waals surface area contributed by atoms with E-state index in [0.29, 0.717) is 19.1 Å². The summed E-state index contributed by atoms with van der Waals surface area (Å²) in [6.07, 6.45) is 0.625. The van der Waals surface area contributed by atoms with Gasteiger partial charge in [0.1, 0.15) is 18.5 Å². The van der Waals surface area contributed by atoms with Gasteiger partial charge in [0.15, 0.2) is 0 Å². The Balaban J connectivity index is 1.65. The Labute approximate surface area is 121 Å². The van der Waals surface area contributed by atoms with E-state index in [0.717, 1.165) is 37.5 Å². The van der Waals surface area contributed by atoms with E-state index in [2.05, 4.69) is 18.3 Å². The van der Waals surface area contributed by atoms with Crippen molar-refractivity contribution in [3.8, 4) is 5.75 Å². The Bertz CT molecular complexity index is 416. The van der Waals surface area contributed by atoms with Crippen molar-refractivity contribution in [1.29, 1.82) is 0 Å². The smallest absolute Gasteiger partial charge is 0.122 e. The van der Waals surface area contributed by atoms with Crippen LogP contribution in [0.2, 0.25) is 0 Å². The molecule has 1 heterocycles. The molecule has 1 aromatic carbocycles. The van der Waals surface area contributed by atoms with E-state index >= 15 is 0 Å². The molecule has 1 aliphatic heterocycles. The summed E-state index contributed by atoms with van der Waals surface area (Å²) in [7, 11) is 0. The maximum Gasteiger partial charge on any atom is 0.122 e. The zero-order chi connectivity index (χ0) is 14.4. The van der Waals surface area contributed by atoms with Crippen molar-refractivity contribution in [2.45, 2.75) is 26.4 Å². The van der Waals surface area contributed by atoms with Crippen molar-refractivity contribution in [2.75, 3.05) is 32.9 Å². The minimum absolute atomic E-state index is 0.318. The molecular formula is C16H25NO3. The number of aliphatic hydroxyl groups excluding tert-OH is 1. The molecule has 112 valence electrons. The molecule has 2 unspecified atom stereocenters. The van der Waals surface area contributed by atoms with Crippen LogP contribution in [-0.4, -0.2) is 44.1 Å². The first kappa shape index (κ1) is 15.3. The van der Waals surface area contributed by atoms with Gasteiger partial charge < -0.3 is 19.9 Å². The van der Waals surface area contributed by atoms with Gasteiger partial charge in [-0.2, -0.15) is 0 Å². The Morgan fingerprint density at radius 3 is 3.00 bits per heavy atom. The Morgan fingerprint density at radius 1 is 1.45 bits per heavy atom. The van der Waals surface area contributed by atoms with Crippen LogP contribution >= 0.6 is 0 Å². The Morgan fingerprint density at radius 2 is 2.30 bits per heavy atom. The summed E-state index contributed by atoms with van der Waals surface area (Å²) < 4.78 is 11.0. The van der Waals surface area contributed by atoms with Gasteiger partial charge in [-0.05, 0) is 37.8 Å². The molecule has 0 spiro atoms. The predicted molar refractivity (Wildman–Crippen MR) is 79.2 cm³/mol. The third-order valence-electron chi connectivity index (χ3n) is 3.60. The number of hydrogen-bond acceptors (Lipinski definition) is 4. The average Bonchev–Trinajstić information content (AvgIpc) is 2.91. The van der Waals surface area contributed by atoms with Crippen LogP contribution in [0.3, 0.4) is 0 Å². The monoisotopic (exact) mass is 279 g/mol. The number of benzene rings is 1. The lowest BCUT2D eigenvalue weighted by Gasteiger charge is -2.16. The first-order chi connectivity index (χ1) is 9.65. The second kappa shape index (κ2) is 7.62. The van der Waals surface area contributed by atoms with Crippen molar-refractivity contribution in [1.82, 2.24) is 5.32 Å². The summed E-state index contributed by atoms with van der Waals surface area (Å²) in [4.78, 5) is 0. The minimum atomic E-state index is -0.488. The minimum Gasteiger partial charge on any atom is -0.491 e. The van der Waals surface area contributed by atoms with Crippen LogP contribution in [0.5, 0.6) is 5.75 Å². The molecule has 0 amide bonds. The van der Waals surface area contributed by atoms with Crippen molar-refractivity contribution in [3.63, 3.8) is 0 Å². The molecule has 2 atom stereocenters. The Kier molecular flexibility index (Phi) is 5.83. The molecule has 1 saturated heterocycles.